The van der Waals surface area contributed by atoms with E-state index in [0.29, 0.717) is 22.3 Å². The molecule has 6 heteroatoms. The van der Waals surface area contributed by atoms with Crippen LogP contribution in [0.1, 0.15) is 28.8 Å². The largest absolute Gasteiger partial charge is 0.342 e. The topological polar surface area (TPSA) is 59.8 Å². The Bertz CT molecular complexity index is 914. The van der Waals surface area contributed by atoms with Crippen molar-refractivity contribution in [3.63, 3.8) is 0 Å². The van der Waals surface area contributed by atoms with E-state index in [2.05, 4.69) is 15.3 Å². The average molecular weight is 310 g/mol. The fourth-order valence-electron chi connectivity index (χ4n) is 2.93. The quantitative estimate of drug-likeness (QED) is 0.808. The molecule has 0 bridgehead atoms. The van der Waals surface area contributed by atoms with Gasteiger partial charge in [0.05, 0.1) is 17.4 Å². The number of halogens is 1. The van der Waals surface area contributed by atoms with Crippen molar-refractivity contribution in [1.29, 1.82) is 0 Å². The maximum Gasteiger partial charge on any atom is 0.254 e. The predicted octanol–water partition coefficient (Wildman–Crippen LogP) is 2.53. The van der Waals surface area contributed by atoms with Crippen molar-refractivity contribution in [2.45, 2.75) is 18.4 Å². The highest BCUT2D eigenvalue weighted by Crippen LogP contribution is 2.46. The van der Waals surface area contributed by atoms with E-state index >= 15 is 0 Å². The molecule has 116 valence electrons. The van der Waals surface area contributed by atoms with Gasteiger partial charge in [-0.1, -0.05) is 18.2 Å². The van der Waals surface area contributed by atoms with Crippen LogP contribution in [-0.2, 0) is 12.6 Å². The highest BCUT2D eigenvalue weighted by atomic mass is 19.1. The highest BCUT2D eigenvalue weighted by molar-refractivity contribution is 6.04. The third-order valence-corrected chi connectivity index (χ3v) is 4.34. The van der Waals surface area contributed by atoms with E-state index < -0.39 is 5.54 Å². The fraction of sp³-hybridized carbons (Fsp3) is 0.235. The number of carbonyl (C=O) groups is 1. The van der Waals surface area contributed by atoms with Crippen LogP contribution in [0.15, 0.2) is 42.9 Å². The summed E-state index contributed by atoms with van der Waals surface area (Å²) in [5.74, 6) is -0.542. The van der Waals surface area contributed by atoms with Crippen molar-refractivity contribution in [1.82, 2.24) is 19.9 Å². The summed E-state index contributed by atoms with van der Waals surface area (Å²) in [5, 5.41) is 2.99. The number of hydrogen-bond donors (Lipinski definition) is 1. The van der Waals surface area contributed by atoms with Crippen LogP contribution in [0.5, 0.6) is 0 Å². The molecule has 5 nitrogen and oxygen atoms in total. The van der Waals surface area contributed by atoms with Crippen LogP contribution < -0.4 is 5.32 Å². The Labute approximate surface area is 132 Å². The molecular weight excluding hydrogens is 295 g/mol. The second-order valence-corrected chi connectivity index (χ2v) is 5.90. The van der Waals surface area contributed by atoms with Crippen molar-refractivity contribution < 1.29 is 9.18 Å². The Balaban J connectivity index is 1.69. The molecule has 0 unspecified atom stereocenters. The number of amides is 1. The summed E-state index contributed by atoms with van der Waals surface area (Å²) in [7, 11) is 1.83. The van der Waals surface area contributed by atoms with Gasteiger partial charge >= 0.3 is 0 Å². The molecular formula is C17H15FN4O. The first-order valence-electron chi connectivity index (χ1n) is 7.44. The smallest absolute Gasteiger partial charge is 0.254 e. The highest BCUT2D eigenvalue weighted by Gasteiger charge is 2.47. The number of hydrogen-bond acceptors (Lipinski definition) is 3. The summed E-state index contributed by atoms with van der Waals surface area (Å²) >= 11 is 0. The number of rotatable bonds is 3. The van der Waals surface area contributed by atoms with Crippen molar-refractivity contribution >= 4 is 17.1 Å². The van der Waals surface area contributed by atoms with Crippen LogP contribution in [0.25, 0.3) is 11.2 Å². The van der Waals surface area contributed by atoms with Gasteiger partial charge in [0, 0.05) is 18.8 Å². The third kappa shape index (κ3) is 2.18. The van der Waals surface area contributed by atoms with Crippen molar-refractivity contribution in [2.75, 3.05) is 0 Å². The lowest BCUT2D eigenvalue weighted by Gasteiger charge is -2.18. The molecule has 3 aromatic rings. The number of pyridine rings is 1. The van der Waals surface area contributed by atoms with Gasteiger partial charge in [0.15, 0.2) is 5.65 Å². The van der Waals surface area contributed by atoms with E-state index in [1.807, 2.05) is 7.05 Å². The maximum atomic E-state index is 14.1. The Morgan fingerprint density at radius 1 is 1.26 bits per heavy atom. The molecule has 1 saturated carbocycles. The molecule has 1 fully saturated rings. The summed E-state index contributed by atoms with van der Waals surface area (Å²) in [6.45, 7) is 0. The molecule has 0 aliphatic heterocycles. The van der Waals surface area contributed by atoms with Gasteiger partial charge in [-0.2, -0.15) is 0 Å². The van der Waals surface area contributed by atoms with E-state index in [-0.39, 0.29) is 11.7 Å². The SMILES string of the molecule is Cn1cnc2c(C(=O)NC3(c4ccccc4F)CC3)ccnc21. The van der Waals surface area contributed by atoms with Crippen LogP contribution in [0.2, 0.25) is 0 Å². The summed E-state index contributed by atoms with van der Waals surface area (Å²) in [6.07, 6.45) is 4.67. The zero-order valence-electron chi connectivity index (χ0n) is 12.6. The standard InChI is InChI=1S/C17H15FN4O/c1-22-10-20-14-11(6-9-19-15(14)22)16(23)21-17(7-8-17)12-4-2-3-5-13(12)18/h2-6,9-10H,7-8H2,1H3,(H,21,23). The molecule has 2 heterocycles. The normalized spacial score (nSPS) is 15.6. The lowest BCUT2D eigenvalue weighted by Crippen LogP contribution is -2.35. The minimum absolute atomic E-state index is 0.253. The van der Waals surface area contributed by atoms with Gasteiger partial charge in [-0.3, -0.25) is 4.79 Å². The number of nitrogens with one attached hydrogen (secondary N) is 1. The maximum absolute atomic E-state index is 14.1. The first kappa shape index (κ1) is 13.9. The molecule has 1 N–H and O–H groups in total. The summed E-state index contributed by atoms with van der Waals surface area (Å²) in [4.78, 5) is 21.2. The fourth-order valence-corrected chi connectivity index (χ4v) is 2.93. The number of aromatic nitrogens is 3. The zero-order valence-corrected chi connectivity index (χ0v) is 12.6. The Kier molecular flexibility index (Phi) is 2.94. The number of imidazole rings is 1. The summed E-state index contributed by atoms with van der Waals surface area (Å²) < 4.78 is 15.8. The molecule has 1 aliphatic rings. The van der Waals surface area contributed by atoms with Crippen molar-refractivity contribution in [3.05, 3.63) is 59.8 Å². The number of nitrogens with zero attached hydrogens (tertiary/aromatic N) is 3. The van der Waals surface area contributed by atoms with Gasteiger partial charge in [-0.05, 0) is 25.0 Å². The zero-order chi connectivity index (χ0) is 16.0. The first-order chi connectivity index (χ1) is 11.1. The monoisotopic (exact) mass is 310 g/mol. The van der Waals surface area contributed by atoms with Crippen LogP contribution in [0, 0.1) is 5.82 Å². The van der Waals surface area contributed by atoms with E-state index in [1.54, 1.807) is 41.4 Å². The molecule has 4 rings (SSSR count). The van der Waals surface area contributed by atoms with E-state index in [4.69, 9.17) is 0 Å². The number of carbonyl (C=O) groups excluding carboxylic acids is 1. The van der Waals surface area contributed by atoms with Crippen molar-refractivity contribution in [3.8, 4) is 0 Å². The Morgan fingerprint density at radius 3 is 2.78 bits per heavy atom. The second-order valence-electron chi connectivity index (χ2n) is 5.90. The molecule has 23 heavy (non-hydrogen) atoms. The number of benzene rings is 1. The summed E-state index contributed by atoms with van der Waals surface area (Å²) in [6, 6.07) is 8.23. The molecule has 1 aliphatic carbocycles. The Morgan fingerprint density at radius 2 is 2.04 bits per heavy atom. The van der Waals surface area contributed by atoms with Gasteiger partial charge in [0.25, 0.3) is 5.91 Å². The van der Waals surface area contributed by atoms with E-state index in [1.165, 1.54) is 6.07 Å². The van der Waals surface area contributed by atoms with Crippen LogP contribution >= 0.6 is 0 Å². The van der Waals surface area contributed by atoms with Crippen LogP contribution in [0.3, 0.4) is 0 Å². The number of aryl methyl sites for hydroxylation is 1. The molecule has 0 radical (unpaired) electrons. The molecule has 0 spiro atoms. The molecule has 1 amide bonds. The van der Waals surface area contributed by atoms with E-state index in [9.17, 15) is 9.18 Å². The second kappa shape index (κ2) is 4.87. The summed E-state index contributed by atoms with van der Waals surface area (Å²) in [5.41, 5.74) is 1.59. The minimum Gasteiger partial charge on any atom is -0.342 e. The molecule has 0 atom stereocenters. The lowest BCUT2D eigenvalue weighted by molar-refractivity contribution is 0.0931. The van der Waals surface area contributed by atoms with Crippen LogP contribution in [0.4, 0.5) is 4.39 Å². The van der Waals surface area contributed by atoms with Crippen molar-refractivity contribution in [2.24, 2.45) is 7.05 Å². The average Bonchev–Trinajstić information content (AvgIpc) is 3.23. The first-order valence-corrected chi connectivity index (χ1v) is 7.44. The Hall–Kier alpha value is -2.76. The molecule has 1 aromatic carbocycles. The lowest BCUT2D eigenvalue weighted by atomic mass is 10.0. The van der Waals surface area contributed by atoms with Gasteiger partial charge in [0.1, 0.15) is 11.3 Å². The van der Waals surface area contributed by atoms with Gasteiger partial charge in [-0.15, -0.1) is 0 Å². The number of fused-ring (bicyclic) bond motifs is 1. The molecule has 0 saturated heterocycles. The molecule has 2 aromatic heterocycles. The third-order valence-electron chi connectivity index (χ3n) is 4.34. The minimum atomic E-state index is -0.604. The van der Waals surface area contributed by atoms with Gasteiger partial charge in [-0.25, -0.2) is 14.4 Å². The van der Waals surface area contributed by atoms with E-state index in [0.717, 1.165) is 12.8 Å². The van der Waals surface area contributed by atoms with Gasteiger partial charge in [0.2, 0.25) is 0 Å². The van der Waals surface area contributed by atoms with Crippen LogP contribution in [-0.4, -0.2) is 20.4 Å². The predicted molar refractivity (Wildman–Crippen MR) is 83.3 cm³/mol. The van der Waals surface area contributed by atoms with Gasteiger partial charge < -0.3 is 9.88 Å².